The Hall–Kier alpha value is -3.34. The number of fused-ring (bicyclic) bond motifs is 1. The molecule has 0 aliphatic rings. The van der Waals surface area contributed by atoms with Crippen molar-refractivity contribution in [3.8, 4) is 0 Å². The van der Waals surface area contributed by atoms with E-state index in [-0.39, 0.29) is 5.56 Å². The van der Waals surface area contributed by atoms with Gasteiger partial charge in [0.15, 0.2) is 5.78 Å². The van der Waals surface area contributed by atoms with E-state index < -0.39 is 17.5 Å². The van der Waals surface area contributed by atoms with Gasteiger partial charge in [-0.3, -0.25) is 4.79 Å². The second kappa shape index (κ2) is 7.59. The predicted octanol–water partition coefficient (Wildman–Crippen LogP) is 6.13. The molecule has 1 heterocycles. The summed E-state index contributed by atoms with van der Waals surface area (Å²) in [5.41, 5.74) is 1.68. The Kier molecular flexibility index (Phi) is 4.97. The van der Waals surface area contributed by atoms with E-state index in [2.05, 4.69) is 0 Å². The summed E-state index contributed by atoms with van der Waals surface area (Å²) in [6, 6.07) is 22.0. The number of rotatable bonds is 5. The molecule has 0 saturated heterocycles. The van der Waals surface area contributed by atoms with Crippen LogP contribution in [-0.2, 0) is 19.1 Å². The molecule has 0 spiro atoms. The summed E-state index contributed by atoms with van der Waals surface area (Å²) in [6.07, 6.45) is -1.95. The van der Waals surface area contributed by atoms with Crippen LogP contribution < -0.4 is 0 Å². The number of hydrogen-bond acceptors (Lipinski definition) is 1. The molecule has 0 saturated carbocycles. The molecule has 0 bridgehead atoms. The predicted molar refractivity (Wildman–Crippen MR) is 107 cm³/mol. The van der Waals surface area contributed by atoms with Crippen molar-refractivity contribution in [2.75, 3.05) is 0 Å². The van der Waals surface area contributed by atoms with Gasteiger partial charge in [0.25, 0.3) is 0 Å². The van der Waals surface area contributed by atoms with Crippen molar-refractivity contribution in [3.05, 3.63) is 107 Å². The third-order valence-corrected chi connectivity index (χ3v) is 4.97. The Labute approximate surface area is 166 Å². The average Bonchev–Trinajstić information content (AvgIpc) is 3.11. The molecule has 29 heavy (non-hydrogen) atoms. The van der Waals surface area contributed by atoms with Crippen molar-refractivity contribution < 1.29 is 18.0 Å². The van der Waals surface area contributed by atoms with Gasteiger partial charge >= 0.3 is 6.18 Å². The van der Waals surface area contributed by atoms with Crippen LogP contribution in [-0.4, -0.2) is 10.4 Å². The maximum absolute atomic E-state index is 13.0. The van der Waals surface area contributed by atoms with Crippen molar-refractivity contribution in [1.29, 1.82) is 0 Å². The second-order valence-electron chi connectivity index (χ2n) is 6.90. The lowest BCUT2D eigenvalue weighted by Gasteiger charge is -2.08. The first-order chi connectivity index (χ1) is 13.9. The average molecular weight is 393 g/mol. The molecule has 146 valence electrons. The largest absolute Gasteiger partial charge is 0.416 e. The molecule has 2 nitrogen and oxygen atoms in total. The van der Waals surface area contributed by atoms with Crippen LogP contribution in [0.1, 0.15) is 27.0 Å². The maximum atomic E-state index is 13.0. The van der Waals surface area contributed by atoms with Gasteiger partial charge in [-0.2, -0.15) is 13.2 Å². The Morgan fingerprint density at radius 2 is 1.59 bits per heavy atom. The molecule has 0 unspecified atom stereocenters. The fourth-order valence-corrected chi connectivity index (χ4v) is 3.50. The first kappa shape index (κ1) is 19.0. The molecule has 0 fully saturated rings. The van der Waals surface area contributed by atoms with Gasteiger partial charge in [0.05, 0.1) is 5.56 Å². The monoisotopic (exact) mass is 393 g/mol. The number of hydrogen-bond donors (Lipinski definition) is 0. The van der Waals surface area contributed by atoms with Crippen molar-refractivity contribution in [2.24, 2.45) is 0 Å². The normalized spacial score (nSPS) is 11.7. The number of aryl methyl sites for hydroxylation is 2. The standard InChI is InChI=1S/C24H18F3NO/c25-24(26,27)19-10-6-9-18(15-19)23(29)21-16-28(22-12-5-4-11-20(21)22)14-13-17-7-2-1-3-8-17/h1-12,15-16H,13-14H2. The zero-order valence-electron chi connectivity index (χ0n) is 15.5. The van der Waals surface area contributed by atoms with Gasteiger partial charge in [0.2, 0.25) is 0 Å². The molecule has 0 aliphatic heterocycles. The quantitative estimate of drug-likeness (QED) is 0.374. The molecule has 0 N–H and O–H groups in total. The van der Waals surface area contributed by atoms with Crippen molar-refractivity contribution >= 4 is 16.7 Å². The lowest BCUT2D eigenvalue weighted by Crippen LogP contribution is -2.08. The molecule has 0 aliphatic carbocycles. The van der Waals surface area contributed by atoms with Gasteiger partial charge in [-0.15, -0.1) is 0 Å². The minimum Gasteiger partial charge on any atom is -0.346 e. The highest BCUT2D eigenvalue weighted by molar-refractivity contribution is 6.16. The summed E-state index contributed by atoms with van der Waals surface area (Å²) >= 11 is 0. The van der Waals surface area contributed by atoms with E-state index in [1.54, 1.807) is 6.20 Å². The number of carbonyl (C=O) groups excluding carboxylic acids is 1. The topological polar surface area (TPSA) is 22.0 Å². The fraction of sp³-hybridized carbons (Fsp3) is 0.125. The smallest absolute Gasteiger partial charge is 0.346 e. The van der Waals surface area contributed by atoms with Crippen molar-refractivity contribution in [3.63, 3.8) is 0 Å². The van der Waals surface area contributed by atoms with Crippen LogP contribution in [0.2, 0.25) is 0 Å². The molecule has 0 radical (unpaired) electrons. The molecule has 5 heteroatoms. The zero-order valence-corrected chi connectivity index (χ0v) is 15.5. The number of ketones is 1. The summed E-state index contributed by atoms with van der Waals surface area (Å²) < 4.78 is 41.1. The molecular formula is C24H18F3NO. The molecule has 0 amide bonds. The Bertz CT molecular complexity index is 1160. The molecule has 3 aromatic carbocycles. The Balaban J connectivity index is 1.70. The van der Waals surface area contributed by atoms with Gasteiger partial charge in [0.1, 0.15) is 0 Å². The SMILES string of the molecule is O=C(c1cccc(C(F)(F)F)c1)c1cn(CCc2ccccc2)c2ccccc12. The number of carbonyl (C=O) groups is 1. The summed E-state index contributed by atoms with van der Waals surface area (Å²) in [7, 11) is 0. The molecule has 4 aromatic rings. The van der Waals surface area contributed by atoms with Crippen LogP contribution in [0, 0.1) is 0 Å². The van der Waals surface area contributed by atoms with Crippen LogP contribution in [0.5, 0.6) is 0 Å². The van der Waals surface area contributed by atoms with Crippen molar-refractivity contribution in [1.82, 2.24) is 4.57 Å². The van der Waals surface area contributed by atoms with Crippen molar-refractivity contribution in [2.45, 2.75) is 19.1 Å². The second-order valence-corrected chi connectivity index (χ2v) is 6.90. The highest BCUT2D eigenvalue weighted by Gasteiger charge is 2.31. The fourth-order valence-electron chi connectivity index (χ4n) is 3.50. The molecular weight excluding hydrogens is 375 g/mol. The summed E-state index contributed by atoms with van der Waals surface area (Å²) in [6.45, 7) is 0.667. The van der Waals surface area contributed by atoms with Crippen LogP contribution in [0.3, 0.4) is 0 Å². The van der Waals surface area contributed by atoms with E-state index in [1.807, 2.05) is 59.2 Å². The lowest BCUT2D eigenvalue weighted by molar-refractivity contribution is -0.137. The van der Waals surface area contributed by atoms with Crippen LogP contribution in [0.15, 0.2) is 85.1 Å². The molecule has 1 aromatic heterocycles. The Morgan fingerprint density at radius 1 is 0.862 bits per heavy atom. The number of para-hydroxylation sites is 1. The summed E-state index contributed by atoms with van der Waals surface area (Å²) in [5, 5.41) is 0.739. The van der Waals surface area contributed by atoms with Gasteiger partial charge < -0.3 is 4.57 Å². The third-order valence-electron chi connectivity index (χ3n) is 4.97. The van der Waals surface area contributed by atoms with E-state index in [1.165, 1.54) is 17.7 Å². The zero-order chi connectivity index (χ0) is 20.4. The van der Waals surface area contributed by atoms with Gasteiger partial charge in [-0.05, 0) is 30.2 Å². The van der Waals surface area contributed by atoms with E-state index >= 15 is 0 Å². The highest BCUT2D eigenvalue weighted by Crippen LogP contribution is 2.31. The maximum Gasteiger partial charge on any atom is 0.416 e. The van der Waals surface area contributed by atoms with Crippen LogP contribution in [0.4, 0.5) is 13.2 Å². The van der Waals surface area contributed by atoms with Gasteiger partial charge in [0, 0.05) is 34.8 Å². The first-order valence-electron chi connectivity index (χ1n) is 9.27. The first-order valence-corrected chi connectivity index (χ1v) is 9.27. The third kappa shape index (κ3) is 3.94. The van der Waals surface area contributed by atoms with E-state index in [4.69, 9.17) is 0 Å². The number of alkyl halides is 3. The number of nitrogens with zero attached hydrogens (tertiary/aromatic N) is 1. The Morgan fingerprint density at radius 3 is 2.34 bits per heavy atom. The van der Waals surface area contributed by atoms with Crippen LogP contribution >= 0.6 is 0 Å². The minimum atomic E-state index is -4.49. The minimum absolute atomic E-state index is 0.0331. The summed E-state index contributed by atoms with van der Waals surface area (Å²) in [5.74, 6) is -0.411. The highest BCUT2D eigenvalue weighted by atomic mass is 19.4. The summed E-state index contributed by atoms with van der Waals surface area (Å²) in [4.78, 5) is 13.0. The van der Waals surface area contributed by atoms with Gasteiger partial charge in [-0.1, -0.05) is 60.7 Å². The number of aromatic nitrogens is 1. The lowest BCUT2D eigenvalue weighted by atomic mass is 10.0. The van der Waals surface area contributed by atoms with Crippen LogP contribution in [0.25, 0.3) is 10.9 Å². The molecule has 0 atom stereocenters. The number of benzene rings is 3. The van der Waals surface area contributed by atoms with E-state index in [0.29, 0.717) is 12.1 Å². The van der Waals surface area contributed by atoms with E-state index in [9.17, 15) is 18.0 Å². The van der Waals surface area contributed by atoms with Gasteiger partial charge in [-0.25, -0.2) is 0 Å². The number of halogens is 3. The van der Waals surface area contributed by atoms with E-state index in [0.717, 1.165) is 29.5 Å². The molecule has 4 rings (SSSR count).